The van der Waals surface area contributed by atoms with Crippen LogP contribution in [0.1, 0.15) is 69.4 Å². The summed E-state index contributed by atoms with van der Waals surface area (Å²) in [6.45, 7) is 14.0. The van der Waals surface area contributed by atoms with Crippen molar-refractivity contribution < 1.29 is 4.42 Å². The van der Waals surface area contributed by atoms with Crippen molar-refractivity contribution in [2.24, 2.45) is 0 Å². The van der Waals surface area contributed by atoms with Gasteiger partial charge in [-0.1, -0.05) is 155 Å². The maximum absolute atomic E-state index is 6.46. The first-order valence-electron chi connectivity index (χ1n) is 19.8. The third kappa shape index (κ3) is 5.09. The van der Waals surface area contributed by atoms with Crippen LogP contribution in [0.25, 0.3) is 60.9 Å². The Labute approximate surface area is 330 Å². The first-order valence-corrected chi connectivity index (χ1v) is 19.8. The van der Waals surface area contributed by atoms with Gasteiger partial charge in [-0.3, -0.25) is 0 Å². The quantitative estimate of drug-likeness (QED) is 0.159. The Morgan fingerprint density at radius 3 is 1.98 bits per heavy atom. The number of rotatable bonds is 6. The van der Waals surface area contributed by atoms with Gasteiger partial charge < -0.3 is 9.32 Å². The van der Waals surface area contributed by atoms with Crippen molar-refractivity contribution in [1.82, 2.24) is 0 Å². The maximum Gasteiger partial charge on any atom is 0.143 e. The Balaban J connectivity index is 1.15. The maximum atomic E-state index is 6.46. The van der Waals surface area contributed by atoms with Gasteiger partial charge in [0, 0.05) is 44.1 Å². The minimum atomic E-state index is -0.164. The van der Waals surface area contributed by atoms with E-state index in [2.05, 4.69) is 204 Å². The first-order chi connectivity index (χ1) is 27.1. The van der Waals surface area contributed by atoms with Gasteiger partial charge in [0.2, 0.25) is 0 Å². The molecular weight excluding hydrogens is 679 g/mol. The second-order valence-electron chi connectivity index (χ2n) is 16.6. The molecule has 0 N–H and O–H groups in total. The molecule has 2 nitrogen and oxygen atoms in total. The zero-order chi connectivity index (χ0) is 38.3. The minimum absolute atomic E-state index is 0.0581. The van der Waals surface area contributed by atoms with Crippen LogP contribution >= 0.6 is 0 Å². The van der Waals surface area contributed by atoms with E-state index >= 15 is 0 Å². The molecule has 0 spiro atoms. The lowest BCUT2D eigenvalue weighted by atomic mass is 9.78. The summed E-state index contributed by atoms with van der Waals surface area (Å²) < 4.78 is 6.46. The Morgan fingerprint density at radius 2 is 1.16 bits per heavy atom. The van der Waals surface area contributed by atoms with Crippen molar-refractivity contribution in [2.75, 3.05) is 4.90 Å². The summed E-state index contributed by atoms with van der Waals surface area (Å²) in [5.74, 6) is 0. The van der Waals surface area contributed by atoms with Crippen LogP contribution in [0, 0.1) is 0 Å². The van der Waals surface area contributed by atoms with Crippen LogP contribution in [0.3, 0.4) is 0 Å². The number of benzene rings is 7. The second kappa shape index (κ2) is 12.6. The van der Waals surface area contributed by atoms with Crippen molar-refractivity contribution in [2.45, 2.75) is 52.4 Å². The molecule has 56 heavy (non-hydrogen) atoms. The van der Waals surface area contributed by atoms with Gasteiger partial charge >= 0.3 is 0 Å². The lowest BCUT2D eigenvalue weighted by Gasteiger charge is -2.29. The van der Waals surface area contributed by atoms with Gasteiger partial charge in [0.25, 0.3) is 0 Å². The second-order valence-corrected chi connectivity index (χ2v) is 16.6. The third-order valence-electron chi connectivity index (χ3n) is 12.6. The largest absolute Gasteiger partial charge is 0.455 e. The van der Waals surface area contributed by atoms with Crippen molar-refractivity contribution in [3.63, 3.8) is 0 Å². The van der Waals surface area contributed by atoms with Gasteiger partial charge in [-0.25, -0.2) is 0 Å². The standard InChI is InChI=1S/C54H45NO/c1-34(36-16-8-7-9-17-36)26-27-35(2)55(38-30-28-37(29-31-38)39-20-14-21-42-41-19-11-13-25-50(41)56-52(39)42)49-24-15-23-46-51(49)44-32-43-40-18-10-12-22-45(40)53(3,4)47(43)33-48(44)54(46,5)6/h7-33H,1-6H3/b34-26+,35-27+. The minimum Gasteiger partial charge on any atom is -0.455 e. The van der Waals surface area contributed by atoms with Crippen LogP contribution in [0.15, 0.2) is 174 Å². The Kier molecular flexibility index (Phi) is 7.67. The van der Waals surface area contributed by atoms with E-state index in [0.29, 0.717) is 0 Å². The summed E-state index contributed by atoms with van der Waals surface area (Å²) in [7, 11) is 0. The fourth-order valence-electron chi connectivity index (χ4n) is 9.56. The summed E-state index contributed by atoms with van der Waals surface area (Å²) in [5, 5.41) is 2.28. The number of fused-ring (bicyclic) bond motifs is 9. The van der Waals surface area contributed by atoms with Crippen LogP contribution in [0.2, 0.25) is 0 Å². The molecule has 0 aliphatic heterocycles. The van der Waals surface area contributed by atoms with E-state index in [1.807, 2.05) is 6.07 Å². The smallest absolute Gasteiger partial charge is 0.143 e. The van der Waals surface area contributed by atoms with Crippen molar-refractivity contribution in [3.05, 3.63) is 197 Å². The van der Waals surface area contributed by atoms with Crippen molar-refractivity contribution in [1.29, 1.82) is 0 Å². The molecule has 0 amide bonds. The van der Waals surface area contributed by atoms with E-state index in [4.69, 9.17) is 4.42 Å². The molecule has 0 radical (unpaired) electrons. The van der Waals surface area contributed by atoms with E-state index in [-0.39, 0.29) is 10.8 Å². The zero-order valence-electron chi connectivity index (χ0n) is 32.9. The number of nitrogens with zero attached hydrogens (tertiary/aromatic N) is 1. The molecule has 0 atom stereocenters. The average molecular weight is 724 g/mol. The molecule has 272 valence electrons. The predicted molar refractivity (Wildman–Crippen MR) is 237 cm³/mol. The van der Waals surface area contributed by atoms with Crippen LogP contribution < -0.4 is 4.90 Å². The zero-order valence-corrected chi connectivity index (χ0v) is 32.9. The third-order valence-corrected chi connectivity index (χ3v) is 12.6. The molecule has 7 aromatic carbocycles. The summed E-state index contributed by atoms with van der Waals surface area (Å²) >= 11 is 0. The van der Waals surface area contributed by atoms with Crippen LogP contribution in [0.5, 0.6) is 0 Å². The van der Waals surface area contributed by atoms with E-state index < -0.39 is 0 Å². The molecule has 0 bridgehead atoms. The first kappa shape index (κ1) is 34.1. The molecule has 0 unspecified atom stereocenters. The van der Waals surface area contributed by atoms with Gasteiger partial charge in [-0.05, 0) is 106 Å². The van der Waals surface area contributed by atoms with Crippen LogP contribution in [-0.4, -0.2) is 0 Å². The molecule has 0 saturated heterocycles. The van der Waals surface area contributed by atoms with Crippen molar-refractivity contribution >= 4 is 38.9 Å². The highest BCUT2D eigenvalue weighted by Crippen LogP contribution is 2.58. The molecular formula is C54H45NO. The highest BCUT2D eigenvalue weighted by atomic mass is 16.3. The molecule has 8 aromatic rings. The highest BCUT2D eigenvalue weighted by Gasteiger charge is 2.43. The Bertz CT molecular complexity index is 2920. The molecule has 0 saturated carbocycles. The van der Waals surface area contributed by atoms with Gasteiger partial charge in [0.1, 0.15) is 11.2 Å². The number of para-hydroxylation sites is 2. The van der Waals surface area contributed by atoms with E-state index in [1.54, 1.807) is 0 Å². The van der Waals surface area contributed by atoms with E-state index in [1.165, 1.54) is 61.3 Å². The average Bonchev–Trinajstić information content (AvgIpc) is 3.80. The lowest BCUT2D eigenvalue weighted by molar-refractivity contribution is 0.639. The summed E-state index contributed by atoms with van der Waals surface area (Å²) in [4.78, 5) is 2.45. The number of hydrogen-bond acceptors (Lipinski definition) is 2. The molecule has 10 rings (SSSR count). The number of allylic oxidation sites excluding steroid dienone is 4. The molecule has 1 aromatic heterocycles. The van der Waals surface area contributed by atoms with Gasteiger partial charge in [-0.15, -0.1) is 0 Å². The molecule has 2 heteroatoms. The highest BCUT2D eigenvalue weighted by molar-refractivity contribution is 6.09. The van der Waals surface area contributed by atoms with E-state index in [9.17, 15) is 0 Å². The fraction of sp³-hybridized carbons (Fsp3) is 0.148. The number of furan rings is 1. The SMILES string of the molecule is C/C(=C\C=C(/C)N(c1ccc(-c2cccc3c2oc2ccccc23)cc1)c1cccc2c1-c1cc3c(cc1C2(C)C)C(C)(C)c1ccccc1-3)c1ccccc1. The molecule has 2 aliphatic rings. The number of anilines is 2. The van der Waals surface area contributed by atoms with Crippen LogP contribution in [-0.2, 0) is 10.8 Å². The van der Waals surface area contributed by atoms with Gasteiger partial charge in [-0.2, -0.15) is 0 Å². The van der Waals surface area contributed by atoms with Crippen LogP contribution in [0.4, 0.5) is 11.4 Å². The molecule has 1 heterocycles. The summed E-state index contributed by atoms with van der Waals surface area (Å²) in [6, 6.07) is 55.3. The molecule has 2 aliphatic carbocycles. The predicted octanol–water partition coefficient (Wildman–Crippen LogP) is 15.0. The Morgan fingerprint density at radius 1 is 0.518 bits per heavy atom. The van der Waals surface area contributed by atoms with Crippen molar-refractivity contribution in [3.8, 4) is 33.4 Å². The summed E-state index contributed by atoms with van der Waals surface area (Å²) in [5.41, 5.74) is 20.6. The normalized spacial score (nSPS) is 15.1. The Hall–Kier alpha value is -6.38. The van der Waals surface area contributed by atoms with Gasteiger partial charge in [0.15, 0.2) is 0 Å². The summed E-state index contributed by atoms with van der Waals surface area (Å²) in [6.07, 6.45) is 4.52. The topological polar surface area (TPSA) is 16.4 Å². The number of hydrogen-bond donors (Lipinski definition) is 0. The van der Waals surface area contributed by atoms with Gasteiger partial charge in [0.05, 0.1) is 5.69 Å². The fourth-order valence-corrected chi connectivity index (χ4v) is 9.56. The monoisotopic (exact) mass is 723 g/mol. The molecule has 0 fully saturated rings. The lowest BCUT2D eigenvalue weighted by Crippen LogP contribution is -2.19. The van der Waals surface area contributed by atoms with E-state index in [0.717, 1.165) is 44.4 Å².